The van der Waals surface area contributed by atoms with Gasteiger partial charge in [0.25, 0.3) is 0 Å². The Hall–Kier alpha value is -2.01. The standard InChI is InChI=1S/C12H7FN2OS/c13-9-3-1-2-7-4-10(16-12(7)9)8-5-11(17)15-14-6-8/h1-6H,(H,15,17). The van der Waals surface area contributed by atoms with Crippen molar-refractivity contribution >= 4 is 23.2 Å². The number of furan rings is 1. The summed E-state index contributed by atoms with van der Waals surface area (Å²) >= 11 is 4.97. The summed E-state index contributed by atoms with van der Waals surface area (Å²) in [7, 11) is 0. The minimum Gasteiger partial charge on any atom is -0.453 e. The fraction of sp³-hybridized carbons (Fsp3) is 0. The van der Waals surface area contributed by atoms with Gasteiger partial charge in [-0.25, -0.2) is 4.39 Å². The molecular formula is C12H7FN2OS. The number of nitrogens with zero attached hydrogens (tertiary/aromatic N) is 1. The lowest BCUT2D eigenvalue weighted by atomic mass is 10.2. The first-order valence-electron chi connectivity index (χ1n) is 4.97. The van der Waals surface area contributed by atoms with Crippen molar-refractivity contribution in [3.8, 4) is 11.3 Å². The van der Waals surface area contributed by atoms with E-state index in [-0.39, 0.29) is 11.4 Å². The predicted octanol–water partition coefficient (Wildman–Crippen LogP) is 3.69. The first kappa shape index (κ1) is 10.2. The van der Waals surface area contributed by atoms with Crippen LogP contribution in [-0.2, 0) is 0 Å². The van der Waals surface area contributed by atoms with Crippen molar-refractivity contribution in [3.05, 3.63) is 47.0 Å². The van der Waals surface area contributed by atoms with E-state index in [1.165, 1.54) is 6.07 Å². The lowest BCUT2D eigenvalue weighted by molar-refractivity contribution is 0.568. The minimum atomic E-state index is -0.372. The zero-order valence-electron chi connectivity index (χ0n) is 8.61. The van der Waals surface area contributed by atoms with Crippen molar-refractivity contribution in [2.75, 3.05) is 0 Å². The average molecular weight is 246 g/mol. The van der Waals surface area contributed by atoms with Crippen LogP contribution in [0.5, 0.6) is 0 Å². The monoisotopic (exact) mass is 246 g/mol. The van der Waals surface area contributed by atoms with Gasteiger partial charge >= 0.3 is 0 Å². The van der Waals surface area contributed by atoms with Gasteiger partial charge in [0.15, 0.2) is 11.4 Å². The maximum Gasteiger partial charge on any atom is 0.170 e. The topological polar surface area (TPSA) is 41.8 Å². The van der Waals surface area contributed by atoms with E-state index in [1.54, 1.807) is 30.5 Å². The first-order chi connectivity index (χ1) is 8.24. The van der Waals surface area contributed by atoms with Crippen molar-refractivity contribution in [2.45, 2.75) is 0 Å². The number of para-hydroxylation sites is 1. The number of benzene rings is 1. The number of rotatable bonds is 1. The van der Waals surface area contributed by atoms with Gasteiger partial charge in [-0.05, 0) is 18.2 Å². The summed E-state index contributed by atoms with van der Waals surface area (Å²) in [4.78, 5) is 0. The van der Waals surface area contributed by atoms with Gasteiger partial charge in [-0.1, -0.05) is 24.4 Å². The quantitative estimate of drug-likeness (QED) is 0.666. The van der Waals surface area contributed by atoms with Crippen LogP contribution in [0.15, 0.2) is 40.9 Å². The zero-order valence-corrected chi connectivity index (χ0v) is 9.42. The second kappa shape index (κ2) is 3.78. The molecule has 2 heterocycles. The van der Waals surface area contributed by atoms with Crippen molar-refractivity contribution in [1.82, 2.24) is 10.2 Å². The van der Waals surface area contributed by atoms with E-state index in [0.29, 0.717) is 10.4 Å². The van der Waals surface area contributed by atoms with Crippen LogP contribution in [0.3, 0.4) is 0 Å². The molecule has 0 saturated carbocycles. The molecule has 0 fully saturated rings. The molecular weight excluding hydrogens is 239 g/mol. The first-order valence-corrected chi connectivity index (χ1v) is 5.38. The van der Waals surface area contributed by atoms with Crippen LogP contribution in [0.2, 0.25) is 0 Å². The van der Waals surface area contributed by atoms with Gasteiger partial charge in [-0.3, -0.25) is 5.10 Å². The van der Waals surface area contributed by atoms with E-state index in [4.69, 9.17) is 16.6 Å². The molecule has 5 heteroatoms. The predicted molar refractivity (Wildman–Crippen MR) is 64.6 cm³/mol. The fourth-order valence-corrected chi connectivity index (χ4v) is 1.86. The highest BCUT2D eigenvalue weighted by molar-refractivity contribution is 7.71. The van der Waals surface area contributed by atoms with Gasteiger partial charge in [0.2, 0.25) is 0 Å². The molecule has 0 unspecified atom stereocenters. The van der Waals surface area contributed by atoms with Crippen LogP contribution in [0.25, 0.3) is 22.3 Å². The molecule has 0 aliphatic rings. The molecule has 17 heavy (non-hydrogen) atoms. The maximum atomic E-state index is 13.5. The number of aromatic amines is 1. The fourth-order valence-electron chi connectivity index (χ4n) is 1.68. The van der Waals surface area contributed by atoms with E-state index in [1.807, 2.05) is 0 Å². The van der Waals surface area contributed by atoms with Gasteiger partial charge in [0, 0.05) is 10.9 Å². The van der Waals surface area contributed by atoms with Crippen LogP contribution in [0.1, 0.15) is 0 Å². The molecule has 1 aromatic carbocycles. The van der Waals surface area contributed by atoms with Crippen LogP contribution < -0.4 is 0 Å². The number of H-pyrrole nitrogens is 1. The largest absolute Gasteiger partial charge is 0.453 e. The Morgan fingerprint density at radius 2 is 2.18 bits per heavy atom. The summed E-state index contributed by atoms with van der Waals surface area (Å²) in [5.74, 6) is 0.181. The minimum absolute atomic E-state index is 0.251. The number of fused-ring (bicyclic) bond motifs is 1. The smallest absolute Gasteiger partial charge is 0.170 e. The third kappa shape index (κ3) is 1.74. The molecule has 1 N–H and O–H groups in total. The molecule has 0 radical (unpaired) electrons. The van der Waals surface area contributed by atoms with Crippen LogP contribution in [-0.4, -0.2) is 10.2 Å². The van der Waals surface area contributed by atoms with Crippen LogP contribution in [0, 0.1) is 10.5 Å². The van der Waals surface area contributed by atoms with E-state index < -0.39 is 0 Å². The Labute approximate surface area is 101 Å². The lowest BCUT2D eigenvalue weighted by Gasteiger charge is -1.93. The Balaban J connectivity index is 2.25. The van der Waals surface area contributed by atoms with E-state index >= 15 is 0 Å². The molecule has 0 aliphatic heterocycles. The number of halogens is 1. The van der Waals surface area contributed by atoms with Crippen molar-refractivity contribution < 1.29 is 8.81 Å². The Morgan fingerprint density at radius 1 is 1.29 bits per heavy atom. The highest BCUT2D eigenvalue weighted by Crippen LogP contribution is 2.28. The molecule has 3 nitrogen and oxygen atoms in total. The number of aromatic nitrogens is 2. The van der Waals surface area contributed by atoms with E-state index in [9.17, 15) is 4.39 Å². The number of hydrogen-bond donors (Lipinski definition) is 1. The molecule has 84 valence electrons. The second-order valence-corrected chi connectivity index (χ2v) is 4.04. The average Bonchev–Trinajstić information content (AvgIpc) is 2.74. The summed E-state index contributed by atoms with van der Waals surface area (Å²) in [6.07, 6.45) is 1.59. The Bertz CT molecular complexity index is 747. The third-order valence-corrected chi connectivity index (χ3v) is 2.65. The highest BCUT2D eigenvalue weighted by Gasteiger charge is 2.09. The van der Waals surface area contributed by atoms with E-state index in [0.717, 1.165) is 10.9 Å². The highest BCUT2D eigenvalue weighted by atomic mass is 32.1. The van der Waals surface area contributed by atoms with Gasteiger partial charge in [-0.2, -0.15) is 5.10 Å². The molecule has 0 saturated heterocycles. The third-order valence-electron chi connectivity index (χ3n) is 2.45. The van der Waals surface area contributed by atoms with Gasteiger partial charge in [0.1, 0.15) is 10.4 Å². The van der Waals surface area contributed by atoms with E-state index in [2.05, 4.69) is 10.2 Å². The second-order valence-electron chi connectivity index (χ2n) is 3.60. The lowest BCUT2D eigenvalue weighted by Crippen LogP contribution is -1.82. The number of hydrogen-bond acceptors (Lipinski definition) is 3. The molecule has 0 amide bonds. The normalized spacial score (nSPS) is 10.9. The van der Waals surface area contributed by atoms with Crippen molar-refractivity contribution in [3.63, 3.8) is 0 Å². The van der Waals surface area contributed by atoms with Gasteiger partial charge in [-0.15, -0.1) is 0 Å². The van der Waals surface area contributed by atoms with Gasteiger partial charge < -0.3 is 4.42 Å². The molecule has 2 aromatic heterocycles. The summed E-state index contributed by atoms with van der Waals surface area (Å²) in [6.45, 7) is 0. The Kier molecular flexibility index (Phi) is 2.26. The molecule has 0 bridgehead atoms. The molecule has 0 aliphatic carbocycles. The van der Waals surface area contributed by atoms with Gasteiger partial charge in [0.05, 0.1) is 6.20 Å². The van der Waals surface area contributed by atoms with Crippen LogP contribution >= 0.6 is 12.2 Å². The van der Waals surface area contributed by atoms with Crippen LogP contribution in [0.4, 0.5) is 4.39 Å². The summed E-state index contributed by atoms with van der Waals surface area (Å²) in [5, 5.41) is 7.23. The van der Waals surface area contributed by atoms with Crippen molar-refractivity contribution in [1.29, 1.82) is 0 Å². The van der Waals surface area contributed by atoms with Crippen molar-refractivity contribution in [2.24, 2.45) is 0 Å². The molecule has 0 atom stereocenters. The summed E-state index contributed by atoms with van der Waals surface area (Å²) in [6, 6.07) is 8.29. The summed E-state index contributed by atoms with van der Waals surface area (Å²) in [5.41, 5.74) is 0.977. The molecule has 3 aromatic rings. The SMILES string of the molecule is Fc1cccc2cc(-c3cn[nH]c(=S)c3)oc12. The molecule has 3 rings (SSSR count). The zero-order chi connectivity index (χ0) is 11.8. The number of nitrogens with one attached hydrogen (secondary N) is 1. The maximum absolute atomic E-state index is 13.5. The Morgan fingerprint density at radius 3 is 2.94 bits per heavy atom. The molecule has 0 spiro atoms. The summed E-state index contributed by atoms with van der Waals surface area (Å²) < 4.78 is 19.4.